The Hall–Kier alpha value is -1.63. The largest absolute Gasteiger partial charge is 0.458 e. The molecule has 1 aliphatic rings. The van der Waals surface area contributed by atoms with Crippen molar-refractivity contribution in [1.29, 1.82) is 0 Å². The van der Waals surface area contributed by atoms with Gasteiger partial charge in [-0.05, 0) is 30.5 Å². The van der Waals surface area contributed by atoms with Gasteiger partial charge in [0.15, 0.2) is 0 Å². The van der Waals surface area contributed by atoms with Crippen LogP contribution in [0.1, 0.15) is 30.7 Å². The number of carbonyl (C=O) groups is 1. The first-order valence-corrected chi connectivity index (χ1v) is 9.08. The van der Waals surface area contributed by atoms with Crippen molar-refractivity contribution in [1.82, 2.24) is 0 Å². The molecular formula is C19H23BrO5. The molecule has 6 heteroatoms. The maximum absolute atomic E-state index is 12.2. The van der Waals surface area contributed by atoms with Crippen molar-refractivity contribution >= 4 is 21.9 Å². The van der Waals surface area contributed by atoms with E-state index in [0.717, 1.165) is 16.5 Å². The van der Waals surface area contributed by atoms with Crippen LogP contribution in [-0.2, 0) is 19.0 Å². The second kappa shape index (κ2) is 10.4. The van der Waals surface area contributed by atoms with Gasteiger partial charge < -0.3 is 19.3 Å². The van der Waals surface area contributed by atoms with E-state index in [-0.39, 0.29) is 24.9 Å². The highest BCUT2D eigenvalue weighted by atomic mass is 79.9. The summed E-state index contributed by atoms with van der Waals surface area (Å²) in [7, 11) is 0. The van der Waals surface area contributed by atoms with Crippen molar-refractivity contribution in [2.24, 2.45) is 0 Å². The smallest absolute Gasteiger partial charge is 0.373 e. The highest BCUT2D eigenvalue weighted by Gasteiger charge is 2.30. The molecule has 0 fully saturated rings. The number of hydrogen-bond acceptors (Lipinski definition) is 5. The zero-order chi connectivity index (χ0) is 18.1. The van der Waals surface area contributed by atoms with Gasteiger partial charge >= 0.3 is 5.97 Å². The van der Waals surface area contributed by atoms with Crippen LogP contribution in [0.15, 0.2) is 53.2 Å². The summed E-state index contributed by atoms with van der Waals surface area (Å²) in [5.41, 5.74) is 1.06. The van der Waals surface area contributed by atoms with Crippen LogP contribution in [-0.4, -0.2) is 37.2 Å². The number of hydrogen-bond donors (Lipinski definition) is 1. The molecule has 25 heavy (non-hydrogen) atoms. The summed E-state index contributed by atoms with van der Waals surface area (Å²) < 4.78 is 17.5. The lowest BCUT2D eigenvalue weighted by Crippen LogP contribution is -2.28. The second-order valence-corrected chi connectivity index (χ2v) is 6.49. The van der Waals surface area contributed by atoms with Crippen LogP contribution in [0.2, 0.25) is 0 Å². The molecule has 1 heterocycles. The lowest BCUT2D eigenvalue weighted by molar-refractivity contribution is -0.160. The lowest BCUT2D eigenvalue weighted by Gasteiger charge is -2.29. The minimum atomic E-state index is -0.535. The van der Waals surface area contributed by atoms with E-state index in [9.17, 15) is 4.79 Å². The fourth-order valence-corrected chi connectivity index (χ4v) is 3.11. The molecule has 1 aromatic rings. The number of unbranched alkanes of at least 4 members (excludes halogenated alkanes) is 1. The normalized spacial score (nSPS) is 19.7. The van der Waals surface area contributed by atoms with Gasteiger partial charge in [-0.1, -0.05) is 46.8 Å². The van der Waals surface area contributed by atoms with Crippen molar-refractivity contribution in [2.75, 3.05) is 19.8 Å². The molecule has 0 aliphatic carbocycles. The number of aliphatic hydroxyl groups excluding tert-OH is 1. The van der Waals surface area contributed by atoms with Gasteiger partial charge in [0, 0.05) is 23.4 Å². The van der Waals surface area contributed by atoms with E-state index >= 15 is 0 Å². The third kappa shape index (κ3) is 5.99. The van der Waals surface area contributed by atoms with Crippen molar-refractivity contribution in [3.8, 4) is 0 Å². The summed E-state index contributed by atoms with van der Waals surface area (Å²) in [4.78, 5) is 12.2. The average molecular weight is 411 g/mol. The van der Waals surface area contributed by atoms with Gasteiger partial charge in [0.2, 0.25) is 12.0 Å². The van der Waals surface area contributed by atoms with Gasteiger partial charge in [0.05, 0.1) is 6.61 Å². The molecule has 1 N–H and O–H groups in total. The average Bonchev–Trinajstić information content (AvgIpc) is 2.63. The Bertz CT molecular complexity index is 614. The lowest BCUT2D eigenvalue weighted by atomic mass is 9.93. The first-order chi connectivity index (χ1) is 12.2. The molecule has 0 aromatic heterocycles. The standard InChI is InChI=1S/C19H23BrO5/c1-2-10-24-19(22)17-12-14(15-7-3-4-8-16(15)20)13-18(25-17)23-11-6-5-9-21/h2-4,7-8,12,14,18,21H,1,5-6,9-11,13H2/t14-,18+/m1/s1. The maximum atomic E-state index is 12.2. The second-order valence-electron chi connectivity index (χ2n) is 5.63. The summed E-state index contributed by atoms with van der Waals surface area (Å²) in [6.45, 7) is 4.26. The quantitative estimate of drug-likeness (QED) is 0.382. The SMILES string of the molecule is C=CCOC(=O)C1=C[C@@H](c2ccccc2Br)C[C@@H](OCCCCO)O1. The van der Waals surface area contributed by atoms with Crippen molar-refractivity contribution in [3.63, 3.8) is 0 Å². The van der Waals surface area contributed by atoms with E-state index in [1.54, 1.807) is 6.08 Å². The van der Waals surface area contributed by atoms with Crippen molar-refractivity contribution < 1.29 is 24.1 Å². The van der Waals surface area contributed by atoms with E-state index in [1.165, 1.54) is 6.08 Å². The molecule has 2 rings (SSSR count). The third-order valence-electron chi connectivity index (χ3n) is 3.75. The van der Waals surface area contributed by atoms with Crippen molar-refractivity contribution in [3.05, 3.63) is 58.8 Å². The highest BCUT2D eigenvalue weighted by Crippen LogP contribution is 2.35. The van der Waals surface area contributed by atoms with Crippen LogP contribution in [0.4, 0.5) is 0 Å². The number of halogens is 1. The molecule has 0 bridgehead atoms. The molecule has 1 aliphatic heterocycles. The summed E-state index contributed by atoms with van der Waals surface area (Å²) in [6, 6.07) is 7.87. The molecule has 136 valence electrons. The first kappa shape index (κ1) is 19.7. The molecule has 5 nitrogen and oxygen atoms in total. The van der Waals surface area contributed by atoms with Gasteiger partial charge in [-0.25, -0.2) is 4.79 Å². The topological polar surface area (TPSA) is 65.0 Å². The van der Waals surface area contributed by atoms with Crippen LogP contribution in [0.3, 0.4) is 0 Å². The fraction of sp³-hybridized carbons (Fsp3) is 0.421. The Morgan fingerprint density at radius 3 is 2.92 bits per heavy atom. The first-order valence-electron chi connectivity index (χ1n) is 8.29. The van der Waals surface area contributed by atoms with Gasteiger partial charge in [-0.2, -0.15) is 0 Å². The molecule has 0 saturated heterocycles. The molecule has 2 atom stereocenters. The predicted molar refractivity (Wildman–Crippen MR) is 97.9 cm³/mol. The Morgan fingerprint density at radius 1 is 1.40 bits per heavy atom. The minimum Gasteiger partial charge on any atom is -0.458 e. The monoisotopic (exact) mass is 410 g/mol. The van der Waals surface area contributed by atoms with E-state index in [2.05, 4.69) is 22.5 Å². The van der Waals surface area contributed by atoms with Crippen LogP contribution < -0.4 is 0 Å². The summed E-state index contributed by atoms with van der Waals surface area (Å²) in [6.07, 6.45) is 4.75. The number of aliphatic hydroxyl groups is 1. The summed E-state index contributed by atoms with van der Waals surface area (Å²) in [5.74, 6) is -0.403. The Morgan fingerprint density at radius 2 is 2.20 bits per heavy atom. The number of rotatable bonds is 9. The Balaban J connectivity index is 2.13. The van der Waals surface area contributed by atoms with E-state index in [4.69, 9.17) is 19.3 Å². The van der Waals surface area contributed by atoms with Crippen LogP contribution in [0.25, 0.3) is 0 Å². The number of allylic oxidation sites excluding steroid dienone is 1. The number of esters is 1. The van der Waals surface area contributed by atoms with Gasteiger partial charge in [0.1, 0.15) is 6.61 Å². The number of carbonyl (C=O) groups excluding carboxylic acids is 1. The number of benzene rings is 1. The predicted octanol–water partition coefficient (Wildman–Crippen LogP) is 3.68. The van der Waals surface area contributed by atoms with Gasteiger partial charge in [-0.3, -0.25) is 0 Å². The zero-order valence-corrected chi connectivity index (χ0v) is 15.6. The minimum absolute atomic E-state index is 0.0292. The molecule has 0 unspecified atom stereocenters. The van der Waals surface area contributed by atoms with Crippen molar-refractivity contribution in [2.45, 2.75) is 31.5 Å². The highest BCUT2D eigenvalue weighted by molar-refractivity contribution is 9.10. The van der Waals surface area contributed by atoms with Crippen LogP contribution >= 0.6 is 15.9 Å². The molecule has 0 spiro atoms. The molecule has 0 amide bonds. The molecular weight excluding hydrogens is 388 g/mol. The Kier molecular flexibility index (Phi) is 8.18. The van der Waals surface area contributed by atoms with E-state index in [0.29, 0.717) is 19.4 Å². The van der Waals surface area contributed by atoms with E-state index in [1.807, 2.05) is 24.3 Å². The summed E-state index contributed by atoms with van der Waals surface area (Å²) >= 11 is 3.56. The zero-order valence-electron chi connectivity index (χ0n) is 14.0. The summed E-state index contributed by atoms with van der Waals surface area (Å²) in [5, 5.41) is 8.85. The molecule has 1 aromatic carbocycles. The Labute approximate surface area is 156 Å². The number of ether oxygens (including phenoxy) is 3. The molecule has 0 radical (unpaired) electrons. The maximum Gasteiger partial charge on any atom is 0.373 e. The van der Waals surface area contributed by atoms with Crippen LogP contribution in [0, 0.1) is 0 Å². The van der Waals surface area contributed by atoms with Crippen LogP contribution in [0.5, 0.6) is 0 Å². The molecule has 0 saturated carbocycles. The van der Waals surface area contributed by atoms with E-state index < -0.39 is 12.3 Å². The third-order valence-corrected chi connectivity index (χ3v) is 4.47. The van der Waals surface area contributed by atoms with Gasteiger partial charge in [-0.15, -0.1) is 0 Å². The fourth-order valence-electron chi connectivity index (χ4n) is 2.53. The van der Waals surface area contributed by atoms with Gasteiger partial charge in [0.25, 0.3) is 0 Å².